The second kappa shape index (κ2) is 7.83. The quantitative estimate of drug-likeness (QED) is 0.332. The summed E-state index contributed by atoms with van der Waals surface area (Å²) in [5.41, 5.74) is 2.54. The van der Waals surface area contributed by atoms with Crippen molar-refractivity contribution in [3.63, 3.8) is 0 Å². The molecular weight excluding hydrogens is 435 g/mol. The van der Waals surface area contributed by atoms with Crippen molar-refractivity contribution in [2.24, 2.45) is 0 Å². The first-order chi connectivity index (χ1) is 14.5. The van der Waals surface area contributed by atoms with Gasteiger partial charge in [0.25, 0.3) is 0 Å². The Balaban J connectivity index is 1.69. The normalized spacial score (nSPS) is 15.0. The van der Waals surface area contributed by atoms with Crippen molar-refractivity contribution in [1.82, 2.24) is 19.6 Å². The third-order valence-electron chi connectivity index (χ3n) is 6.31. The number of pyridine rings is 1. The Morgan fingerprint density at radius 1 is 1.26 bits per heavy atom. The van der Waals surface area contributed by atoms with Crippen molar-refractivity contribution in [2.45, 2.75) is 64.3 Å². The lowest BCUT2D eigenvalue weighted by atomic mass is 10.2. The van der Waals surface area contributed by atoms with Crippen molar-refractivity contribution in [1.29, 1.82) is 0 Å². The van der Waals surface area contributed by atoms with E-state index in [9.17, 15) is 0 Å². The first-order valence-electron chi connectivity index (χ1n) is 10.4. The van der Waals surface area contributed by atoms with E-state index in [1.807, 2.05) is 6.07 Å². The van der Waals surface area contributed by atoms with E-state index < -0.39 is 14.1 Å². The standard InChI is InChI=1S/C22H28ClFN4O2Si/c1-22(2,3)31(5,6)30-12-14-9-15(24)20(26-21(14)23)16-11-25-18-10-17(29-4)19(13-7-8-13)27-28(16)18/h9-11,13H,7-8,12H2,1-6H3. The fourth-order valence-electron chi connectivity index (χ4n) is 3.14. The summed E-state index contributed by atoms with van der Waals surface area (Å²) < 4.78 is 28.4. The van der Waals surface area contributed by atoms with Crippen LogP contribution in [0.3, 0.4) is 0 Å². The molecule has 0 amide bonds. The number of halogens is 2. The van der Waals surface area contributed by atoms with Gasteiger partial charge in [-0.25, -0.2) is 18.9 Å². The third kappa shape index (κ3) is 4.20. The number of imidazole rings is 1. The van der Waals surface area contributed by atoms with Crippen LogP contribution < -0.4 is 4.74 Å². The molecule has 0 bridgehead atoms. The summed E-state index contributed by atoms with van der Waals surface area (Å²) in [6.07, 6.45) is 3.70. The Morgan fingerprint density at radius 2 is 1.97 bits per heavy atom. The van der Waals surface area contributed by atoms with Crippen molar-refractivity contribution in [3.8, 4) is 17.1 Å². The molecule has 0 aromatic carbocycles. The number of ether oxygens (including phenoxy) is 1. The van der Waals surface area contributed by atoms with Crippen molar-refractivity contribution < 1.29 is 13.6 Å². The number of hydrogen-bond donors (Lipinski definition) is 0. The summed E-state index contributed by atoms with van der Waals surface area (Å²) in [6, 6.07) is 3.23. The smallest absolute Gasteiger partial charge is 0.192 e. The van der Waals surface area contributed by atoms with Gasteiger partial charge in [-0.1, -0.05) is 32.4 Å². The molecule has 0 spiro atoms. The summed E-state index contributed by atoms with van der Waals surface area (Å²) in [6.45, 7) is 11.0. The van der Waals surface area contributed by atoms with E-state index in [0.717, 1.165) is 18.5 Å². The minimum Gasteiger partial charge on any atom is -0.495 e. The van der Waals surface area contributed by atoms with Gasteiger partial charge in [-0.3, -0.25) is 0 Å². The average molecular weight is 463 g/mol. The zero-order valence-electron chi connectivity index (χ0n) is 18.8. The van der Waals surface area contributed by atoms with E-state index in [1.165, 1.54) is 6.07 Å². The Labute approximate surface area is 187 Å². The second-order valence-electron chi connectivity index (χ2n) is 9.60. The molecule has 0 unspecified atom stereocenters. The number of methoxy groups -OCH3 is 1. The van der Waals surface area contributed by atoms with Crippen LogP contribution in [0, 0.1) is 5.82 Å². The average Bonchev–Trinajstić information content (AvgIpc) is 3.46. The summed E-state index contributed by atoms with van der Waals surface area (Å²) in [4.78, 5) is 8.72. The van der Waals surface area contributed by atoms with Crippen molar-refractivity contribution in [3.05, 3.63) is 40.6 Å². The maximum Gasteiger partial charge on any atom is 0.192 e. The van der Waals surface area contributed by atoms with Crippen LogP contribution in [-0.4, -0.2) is 35.0 Å². The molecule has 3 heterocycles. The van der Waals surface area contributed by atoms with E-state index >= 15 is 4.39 Å². The van der Waals surface area contributed by atoms with Gasteiger partial charge in [-0.15, -0.1) is 0 Å². The second-order valence-corrected chi connectivity index (χ2v) is 14.8. The van der Waals surface area contributed by atoms with Crippen LogP contribution in [0.15, 0.2) is 18.3 Å². The number of hydrogen-bond acceptors (Lipinski definition) is 5. The van der Waals surface area contributed by atoms with Gasteiger partial charge in [0.2, 0.25) is 0 Å². The van der Waals surface area contributed by atoms with E-state index in [1.54, 1.807) is 17.8 Å². The van der Waals surface area contributed by atoms with E-state index in [-0.39, 0.29) is 22.5 Å². The Morgan fingerprint density at radius 3 is 2.58 bits per heavy atom. The molecular formula is C22H28ClFN4O2Si. The third-order valence-corrected chi connectivity index (χ3v) is 11.1. The number of fused-ring (bicyclic) bond motifs is 1. The number of aromatic nitrogens is 4. The lowest BCUT2D eigenvalue weighted by molar-refractivity contribution is 0.275. The molecule has 0 atom stereocenters. The van der Waals surface area contributed by atoms with E-state index in [0.29, 0.717) is 28.6 Å². The highest BCUT2D eigenvalue weighted by molar-refractivity contribution is 6.74. The minimum absolute atomic E-state index is 0.0495. The molecule has 1 aliphatic rings. The molecule has 166 valence electrons. The summed E-state index contributed by atoms with van der Waals surface area (Å²) >= 11 is 6.44. The van der Waals surface area contributed by atoms with Gasteiger partial charge in [0.1, 0.15) is 28.0 Å². The van der Waals surface area contributed by atoms with Gasteiger partial charge < -0.3 is 9.16 Å². The molecule has 1 fully saturated rings. The van der Waals surface area contributed by atoms with Gasteiger partial charge in [-0.05, 0) is 37.0 Å². The zero-order valence-corrected chi connectivity index (χ0v) is 20.5. The Hall–Kier alpha value is -2.03. The molecule has 1 aliphatic carbocycles. The highest BCUT2D eigenvalue weighted by atomic mass is 35.5. The van der Waals surface area contributed by atoms with Gasteiger partial charge >= 0.3 is 0 Å². The maximum absolute atomic E-state index is 15.1. The molecule has 0 radical (unpaired) electrons. The molecule has 0 N–H and O–H groups in total. The molecule has 0 aliphatic heterocycles. The topological polar surface area (TPSA) is 61.5 Å². The van der Waals surface area contributed by atoms with Crippen molar-refractivity contribution in [2.75, 3.05) is 7.11 Å². The maximum atomic E-state index is 15.1. The van der Waals surface area contributed by atoms with Gasteiger partial charge in [0.05, 0.1) is 19.9 Å². The highest BCUT2D eigenvalue weighted by Gasteiger charge is 2.37. The first kappa shape index (κ1) is 22.2. The minimum atomic E-state index is -2.00. The molecule has 0 saturated heterocycles. The summed E-state index contributed by atoms with van der Waals surface area (Å²) in [5.74, 6) is 0.591. The number of rotatable bonds is 6. The van der Waals surface area contributed by atoms with Crippen LogP contribution in [0.2, 0.25) is 23.3 Å². The van der Waals surface area contributed by atoms with Crippen LogP contribution in [0.4, 0.5) is 4.39 Å². The monoisotopic (exact) mass is 462 g/mol. The Kier molecular flexibility index (Phi) is 5.60. The largest absolute Gasteiger partial charge is 0.495 e. The van der Waals surface area contributed by atoms with Crippen LogP contribution in [0.1, 0.15) is 50.8 Å². The van der Waals surface area contributed by atoms with Crippen LogP contribution in [0.25, 0.3) is 17.0 Å². The van der Waals surface area contributed by atoms with E-state index in [4.69, 9.17) is 25.9 Å². The first-order valence-corrected chi connectivity index (χ1v) is 13.7. The van der Waals surface area contributed by atoms with Crippen LogP contribution >= 0.6 is 11.6 Å². The molecule has 9 heteroatoms. The lowest BCUT2D eigenvalue weighted by Gasteiger charge is -2.36. The SMILES string of the molecule is COc1cc2ncc(-c3nc(Cl)c(CO[Si](C)(C)C(C)(C)C)cc3F)n2nc1C1CC1. The predicted molar refractivity (Wildman–Crippen MR) is 122 cm³/mol. The molecule has 1 saturated carbocycles. The highest BCUT2D eigenvalue weighted by Crippen LogP contribution is 2.43. The molecule has 3 aromatic heterocycles. The number of nitrogens with zero attached hydrogens (tertiary/aromatic N) is 4. The van der Waals surface area contributed by atoms with E-state index in [2.05, 4.69) is 43.8 Å². The van der Waals surface area contributed by atoms with Crippen LogP contribution in [0.5, 0.6) is 5.75 Å². The summed E-state index contributed by atoms with van der Waals surface area (Å²) in [5, 5.41) is 4.97. The van der Waals surface area contributed by atoms with Gasteiger partial charge in [0, 0.05) is 17.5 Å². The fourth-order valence-corrected chi connectivity index (χ4v) is 4.28. The zero-order chi connectivity index (χ0) is 22.6. The van der Waals surface area contributed by atoms with Gasteiger partial charge in [0.15, 0.2) is 19.8 Å². The molecule has 4 rings (SSSR count). The molecule has 6 nitrogen and oxygen atoms in total. The lowest BCUT2D eigenvalue weighted by Crippen LogP contribution is -2.40. The van der Waals surface area contributed by atoms with Gasteiger partial charge in [-0.2, -0.15) is 5.10 Å². The Bertz CT molecular complexity index is 1140. The van der Waals surface area contributed by atoms with Crippen LogP contribution in [-0.2, 0) is 11.0 Å². The fraction of sp³-hybridized carbons (Fsp3) is 0.500. The van der Waals surface area contributed by atoms with Crippen molar-refractivity contribution >= 4 is 25.6 Å². The molecule has 3 aromatic rings. The summed E-state index contributed by atoms with van der Waals surface area (Å²) in [7, 11) is -0.376. The molecule has 31 heavy (non-hydrogen) atoms. The predicted octanol–water partition coefficient (Wildman–Crippen LogP) is 5.99.